The van der Waals surface area contributed by atoms with Gasteiger partial charge >= 0.3 is 0 Å². The smallest absolute Gasteiger partial charge is 0.248 e. The Labute approximate surface area is 128 Å². The second-order valence-corrected chi connectivity index (χ2v) is 6.63. The molecular weight excluding hydrogens is 305 g/mol. The third-order valence-electron chi connectivity index (χ3n) is 2.82. The van der Waals surface area contributed by atoms with Crippen molar-refractivity contribution in [3.63, 3.8) is 0 Å². The summed E-state index contributed by atoms with van der Waals surface area (Å²) in [6.45, 7) is 0. The van der Waals surface area contributed by atoms with Crippen LogP contribution in [0.2, 0.25) is 0 Å². The van der Waals surface area contributed by atoms with E-state index in [1.54, 1.807) is 18.2 Å². The van der Waals surface area contributed by atoms with E-state index in [1.165, 1.54) is 42.5 Å². The number of halogens is 1. The molecule has 2 aromatic rings. The first-order chi connectivity index (χ1) is 10.4. The van der Waals surface area contributed by atoms with Gasteiger partial charge in [0.25, 0.3) is 0 Å². The minimum atomic E-state index is -3.44. The van der Waals surface area contributed by atoms with Crippen molar-refractivity contribution in [1.29, 1.82) is 0 Å². The lowest BCUT2D eigenvalue weighted by Crippen LogP contribution is -2.11. The first-order valence-electron chi connectivity index (χ1n) is 6.40. The van der Waals surface area contributed by atoms with E-state index in [9.17, 15) is 17.6 Å². The molecular formula is C16H14FNO3S. The summed E-state index contributed by atoms with van der Waals surface area (Å²) >= 11 is 0. The van der Waals surface area contributed by atoms with Crippen LogP contribution in [0.25, 0.3) is 6.08 Å². The number of benzene rings is 2. The molecule has 0 unspecified atom stereocenters. The molecule has 0 saturated heterocycles. The topological polar surface area (TPSA) is 63.2 Å². The van der Waals surface area contributed by atoms with Crippen molar-refractivity contribution in [2.24, 2.45) is 0 Å². The molecule has 0 aromatic heterocycles. The number of hydrogen-bond acceptors (Lipinski definition) is 3. The summed E-state index contributed by atoms with van der Waals surface area (Å²) in [6, 6.07) is 11.9. The van der Waals surface area contributed by atoms with Gasteiger partial charge in [0, 0.05) is 12.3 Å². The van der Waals surface area contributed by atoms with E-state index in [0.29, 0.717) is 5.56 Å². The van der Waals surface area contributed by atoms with Gasteiger partial charge in [0.2, 0.25) is 5.91 Å². The van der Waals surface area contributed by atoms with Gasteiger partial charge in [-0.25, -0.2) is 12.8 Å². The average molecular weight is 319 g/mol. The van der Waals surface area contributed by atoms with Gasteiger partial charge in [-0.05, 0) is 35.9 Å². The molecule has 0 aliphatic carbocycles. The first-order valence-corrected chi connectivity index (χ1v) is 8.29. The highest BCUT2D eigenvalue weighted by molar-refractivity contribution is 7.90. The molecule has 0 aliphatic rings. The number of carbonyl (C=O) groups is 1. The minimum absolute atomic E-state index is 0.0440. The number of hydrogen-bond donors (Lipinski definition) is 1. The van der Waals surface area contributed by atoms with Crippen LogP contribution in [-0.4, -0.2) is 20.6 Å². The molecule has 0 radical (unpaired) electrons. The van der Waals surface area contributed by atoms with Gasteiger partial charge in [-0.3, -0.25) is 4.79 Å². The highest BCUT2D eigenvalue weighted by atomic mass is 32.2. The van der Waals surface area contributed by atoms with Gasteiger partial charge in [0.1, 0.15) is 5.82 Å². The van der Waals surface area contributed by atoms with Crippen LogP contribution in [0.3, 0.4) is 0 Å². The predicted molar refractivity (Wildman–Crippen MR) is 83.6 cm³/mol. The SMILES string of the molecule is CS(=O)(=O)c1ccccc1NC(=O)/C=C/c1cccc(F)c1. The molecule has 0 atom stereocenters. The fraction of sp³-hybridized carbons (Fsp3) is 0.0625. The van der Waals surface area contributed by atoms with Crippen molar-refractivity contribution in [3.8, 4) is 0 Å². The maximum absolute atomic E-state index is 13.0. The van der Waals surface area contributed by atoms with E-state index >= 15 is 0 Å². The van der Waals surface area contributed by atoms with E-state index in [-0.39, 0.29) is 10.6 Å². The molecule has 114 valence electrons. The summed E-state index contributed by atoms with van der Waals surface area (Å²) in [5.74, 6) is -0.898. The van der Waals surface area contributed by atoms with Crippen LogP contribution < -0.4 is 5.32 Å². The molecule has 1 amide bonds. The molecule has 0 spiro atoms. The second-order valence-electron chi connectivity index (χ2n) is 4.65. The van der Waals surface area contributed by atoms with Crippen LogP contribution in [0.4, 0.5) is 10.1 Å². The Kier molecular flexibility index (Phi) is 4.72. The normalized spacial score (nSPS) is 11.5. The zero-order chi connectivity index (χ0) is 16.2. The van der Waals surface area contributed by atoms with Crippen LogP contribution in [0, 0.1) is 5.82 Å². The molecule has 0 heterocycles. The summed E-state index contributed by atoms with van der Waals surface area (Å²) in [5, 5.41) is 2.50. The zero-order valence-corrected chi connectivity index (χ0v) is 12.6. The van der Waals surface area contributed by atoms with Crippen molar-refractivity contribution in [2.45, 2.75) is 4.90 Å². The Balaban J connectivity index is 2.17. The quantitative estimate of drug-likeness (QED) is 0.881. The monoisotopic (exact) mass is 319 g/mol. The fourth-order valence-electron chi connectivity index (χ4n) is 1.85. The Morgan fingerprint density at radius 1 is 1.14 bits per heavy atom. The van der Waals surface area contributed by atoms with Crippen molar-refractivity contribution in [2.75, 3.05) is 11.6 Å². The maximum atomic E-state index is 13.0. The van der Waals surface area contributed by atoms with E-state index < -0.39 is 21.6 Å². The number of sulfone groups is 1. The van der Waals surface area contributed by atoms with Crippen LogP contribution in [0.1, 0.15) is 5.56 Å². The lowest BCUT2D eigenvalue weighted by molar-refractivity contribution is -0.111. The van der Waals surface area contributed by atoms with E-state index in [4.69, 9.17) is 0 Å². The summed E-state index contributed by atoms with van der Waals surface area (Å²) in [4.78, 5) is 11.9. The van der Waals surface area contributed by atoms with Gasteiger partial charge in [-0.1, -0.05) is 24.3 Å². The van der Waals surface area contributed by atoms with Gasteiger partial charge in [0.05, 0.1) is 10.6 Å². The van der Waals surface area contributed by atoms with Gasteiger partial charge in [-0.2, -0.15) is 0 Å². The van der Waals surface area contributed by atoms with Crippen molar-refractivity contribution < 1.29 is 17.6 Å². The summed E-state index contributed by atoms with van der Waals surface area (Å²) < 4.78 is 36.3. The van der Waals surface area contributed by atoms with E-state index in [1.807, 2.05) is 0 Å². The molecule has 1 N–H and O–H groups in total. The number of carbonyl (C=O) groups excluding carboxylic acids is 1. The highest BCUT2D eigenvalue weighted by Gasteiger charge is 2.13. The lowest BCUT2D eigenvalue weighted by Gasteiger charge is -2.07. The molecule has 4 nitrogen and oxygen atoms in total. The highest BCUT2D eigenvalue weighted by Crippen LogP contribution is 2.20. The molecule has 22 heavy (non-hydrogen) atoms. The Morgan fingerprint density at radius 3 is 2.55 bits per heavy atom. The van der Waals surface area contributed by atoms with Crippen LogP contribution in [0.15, 0.2) is 59.5 Å². The van der Waals surface area contributed by atoms with E-state index in [2.05, 4.69) is 5.32 Å². The average Bonchev–Trinajstić information content (AvgIpc) is 2.45. The van der Waals surface area contributed by atoms with Crippen molar-refractivity contribution in [1.82, 2.24) is 0 Å². The molecule has 2 rings (SSSR count). The Bertz CT molecular complexity index is 829. The van der Waals surface area contributed by atoms with E-state index in [0.717, 1.165) is 6.26 Å². The second kappa shape index (κ2) is 6.53. The third kappa shape index (κ3) is 4.26. The number of rotatable bonds is 4. The fourth-order valence-corrected chi connectivity index (χ4v) is 2.69. The van der Waals surface area contributed by atoms with Crippen LogP contribution in [-0.2, 0) is 14.6 Å². The zero-order valence-electron chi connectivity index (χ0n) is 11.8. The first kappa shape index (κ1) is 15.9. The molecule has 2 aromatic carbocycles. The predicted octanol–water partition coefficient (Wildman–Crippen LogP) is 2.88. The number of nitrogens with one attached hydrogen (secondary N) is 1. The van der Waals surface area contributed by atoms with Crippen molar-refractivity contribution in [3.05, 3.63) is 66.0 Å². The largest absolute Gasteiger partial charge is 0.321 e. The number of anilines is 1. The Hall–Kier alpha value is -2.47. The summed E-state index contributed by atoms with van der Waals surface area (Å²) in [5.41, 5.74) is 0.741. The minimum Gasteiger partial charge on any atom is -0.321 e. The molecule has 0 bridgehead atoms. The standard InChI is InChI=1S/C16H14FNO3S/c1-22(20,21)15-8-3-2-7-14(15)18-16(19)10-9-12-5-4-6-13(17)11-12/h2-11H,1H3,(H,18,19)/b10-9+. The summed E-state index contributed by atoms with van der Waals surface area (Å²) in [7, 11) is -3.44. The number of para-hydroxylation sites is 1. The van der Waals surface area contributed by atoms with Gasteiger partial charge < -0.3 is 5.32 Å². The van der Waals surface area contributed by atoms with Crippen LogP contribution >= 0.6 is 0 Å². The van der Waals surface area contributed by atoms with Crippen molar-refractivity contribution >= 4 is 27.5 Å². The van der Waals surface area contributed by atoms with Gasteiger partial charge in [0.15, 0.2) is 9.84 Å². The van der Waals surface area contributed by atoms with Gasteiger partial charge in [-0.15, -0.1) is 0 Å². The summed E-state index contributed by atoms with van der Waals surface area (Å²) in [6.07, 6.45) is 3.73. The number of amides is 1. The van der Waals surface area contributed by atoms with Crippen LogP contribution in [0.5, 0.6) is 0 Å². The molecule has 0 saturated carbocycles. The lowest BCUT2D eigenvalue weighted by atomic mass is 10.2. The molecule has 0 aliphatic heterocycles. The Morgan fingerprint density at radius 2 is 1.86 bits per heavy atom. The maximum Gasteiger partial charge on any atom is 0.248 e. The molecule has 6 heteroatoms. The molecule has 0 fully saturated rings. The third-order valence-corrected chi connectivity index (χ3v) is 3.98.